The lowest BCUT2D eigenvalue weighted by atomic mass is 10.1. The Morgan fingerprint density at radius 1 is 0.885 bits per heavy atom. The molecule has 2 heterocycles. The molecule has 0 saturated heterocycles. The van der Waals surface area contributed by atoms with Crippen LogP contribution in [0.15, 0.2) is 60.7 Å². The van der Waals surface area contributed by atoms with E-state index in [2.05, 4.69) is 20.3 Å². The van der Waals surface area contributed by atoms with E-state index in [0.29, 0.717) is 17.2 Å². The van der Waals surface area contributed by atoms with Crippen molar-refractivity contribution in [3.63, 3.8) is 0 Å². The number of carbonyl (C=O) groups excluding carboxylic acids is 1. The normalized spacial score (nSPS) is 10.8. The Balaban J connectivity index is 1.66. The highest BCUT2D eigenvalue weighted by Crippen LogP contribution is 2.21. The van der Waals surface area contributed by atoms with Crippen molar-refractivity contribution in [1.82, 2.24) is 15.0 Å². The molecule has 0 fully saturated rings. The summed E-state index contributed by atoms with van der Waals surface area (Å²) in [4.78, 5) is 24.9. The number of amides is 1. The van der Waals surface area contributed by atoms with Gasteiger partial charge in [-0.3, -0.25) is 4.79 Å². The highest BCUT2D eigenvalue weighted by atomic mass is 16.1. The molecular weight excluding hydrogens is 324 g/mol. The number of benzene rings is 2. The Bertz CT molecular complexity index is 1060. The van der Waals surface area contributed by atoms with Crippen molar-refractivity contribution in [2.24, 2.45) is 0 Å². The monoisotopic (exact) mass is 342 g/mol. The smallest absolute Gasteiger partial charge is 0.274 e. The topological polar surface area (TPSA) is 70.7 Å². The molecule has 4 rings (SSSR count). The van der Waals surface area contributed by atoms with Gasteiger partial charge in [-0.25, -0.2) is 9.97 Å². The van der Waals surface area contributed by atoms with Crippen molar-refractivity contribution in [2.75, 3.05) is 5.32 Å². The summed E-state index contributed by atoms with van der Waals surface area (Å²) in [6, 6.07) is 19.1. The maximum Gasteiger partial charge on any atom is 0.274 e. The SMILES string of the molecule is Cc1cccc(C)c1NC(=O)c1cccc(-c2nc3ccccc3[nH]2)n1. The predicted octanol–water partition coefficient (Wildman–Crippen LogP) is 4.49. The first kappa shape index (κ1) is 16.0. The number of aromatic nitrogens is 3. The highest BCUT2D eigenvalue weighted by Gasteiger charge is 2.13. The Morgan fingerprint density at radius 2 is 1.62 bits per heavy atom. The van der Waals surface area contributed by atoms with Crippen molar-refractivity contribution in [3.8, 4) is 11.5 Å². The summed E-state index contributed by atoms with van der Waals surface area (Å²) in [7, 11) is 0. The second-order valence-electron chi connectivity index (χ2n) is 6.23. The predicted molar refractivity (Wildman–Crippen MR) is 103 cm³/mol. The largest absolute Gasteiger partial charge is 0.337 e. The summed E-state index contributed by atoms with van der Waals surface area (Å²) in [5, 5.41) is 2.97. The van der Waals surface area contributed by atoms with Gasteiger partial charge in [0.1, 0.15) is 11.4 Å². The zero-order valence-corrected chi connectivity index (χ0v) is 14.6. The maximum atomic E-state index is 12.7. The number of aromatic amines is 1. The number of aryl methyl sites for hydroxylation is 2. The lowest BCUT2D eigenvalue weighted by Crippen LogP contribution is -2.15. The summed E-state index contributed by atoms with van der Waals surface area (Å²) >= 11 is 0. The van der Waals surface area contributed by atoms with Gasteiger partial charge in [-0.05, 0) is 49.2 Å². The van der Waals surface area contributed by atoms with E-state index in [1.54, 1.807) is 6.07 Å². The van der Waals surface area contributed by atoms with E-state index in [-0.39, 0.29) is 5.91 Å². The van der Waals surface area contributed by atoms with Crippen molar-refractivity contribution >= 4 is 22.6 Å². The van der Waals surface area contributed by atoms with Crippen LogP contribution < -0.4 is 5.32 Å². The molecule has 1 amide bonds. The Labute approximate surface area is 151 Å². The third kappa shape index (κ3) is 2.95. The molecule has 0 atom stereocenters. The average Bonchev–Trinajstić information content (AvgIpc) is 3.09. The summed E-state index contributed by atoms with van der Waals surface area (Å²) in [6.07, 6.45) is 0. The Hall–Kier alpha value is -3.47. The van der Waals surface area contributed by atoms with Crippen molar-refractivity contribution in [2.45, 2.75) is 13.8 Å². The fraction of sp³-hybridized carbons (Fsp3) is 0.0952. The quantitative estimate of drug-likeness (QED) is 0.576. The van der Waals surface area contributed by atoms with Crippen LogP contribution >= 0.6 is 0 Å². The van der Waals surface area contributed by atoms with Gasteiger partial charge in [0.2, 0.25) is 0 Å². The molecule has 0 saturated carbocycles. The molecule has 2 aromatic carbocycles. The number of imidazole rings is 1. The third-order valence-electron chi connectivity index (χ3n) is 4.33. The number of hydrogen-bond donors (Lipinski definition) is 2. The minimum Gasteiger partial charge on any atom is -0.337 e. The molecule has 128 valence electrons. The van der Waals surface area contributed by atoms with E-state index in [0.717, 1.165) is 27.8 Å². The number of pyridine rings is 1. The first-order chi connectivity index (χ1) is 12.6. The van der Waals surface area contributed by atoms with Crippen molar-refractivity contribution < 1.29 is 4.79 Å². The molecular formula is C21H18N4O. The van der Waals surface area contributed by atoms with Crippen LogP contribution in [0, 0.1) is 13.8 Å². The minimum atomic E-state index is -0.236. The molecule has 2 N–H and O–H groups in total. The molecule has 5 nitrogen and oxygen atoms in total. The van der Waals surface area contributed by atoms with Gasteiger partial charge in [-0.15, -0.1) is 0 Å². The van der Waals surface area contributed by atoms with Gasteiger partial charge in [0, 0.05) is 5.69 Å². The molecule has 0 spiro atoms. The maximum absolute atomic E-state index is 12.7. The summed E-state index contributed by atoms with van der Waals surface area (Å²) in [5.74, 6) is 0.410. The Morgan fingerprint density at radius 3 is 2.38 bits per heavy atom. The number of hydrogen-bond acceptors (Lipinski definition) is 3. The van der Waals surface area contributed by atoms with Crippen LogP contribution in [0.5, 0.6) is 0 Å². The van der Waals surface area contributed by atoms with Gasteiger partial charge in [0.05, 0.1) is 11.0 Å². The molecule has 0 aliphatic rings. The zero-order chi connectivity index (χ0) is 18.1. The third-order valence-corrected chi connectivity index (χ3v) is 4.33. The summed E-state index contributed by atoms with van der Waals surface area (Å²) in [5.41, 5.74) is 5.66. The molecule has 0 aliphatic carbocycles. The number of nitrogens with one attached hydrogen (secondary N) is 2. The van der Waals surface area contributed by atoms with E-state index in [1.807, 2.05) is 68.4 Å². The number of carbonyl (C=O) groups is 1. The second-order valence-corrected chi connectivity index (χ2v) is 6.23. The first-order valence-electron chi connectivity index (χ1n) is 8.41. The van der Waals surface area contributed by atoms with Gasteiger partial charge >= 0.3 is 0 Å². The van der Waals surface area contributed by atoms with Gasteiger partial charge < -0.3 is 10.3 Å². The molecule has 0 aliphatic heterocycles. The van der Waals surface area contributed by atoms with E-state index < -0.39 is 0 Å². The van der Waals surface area contributed by atoms with Crippen LogP contribution in [0.25, 0.3) is 22.6 Å². The van der Waals surface area contributed by atoms with E-state index in [9.17, 15) is 4.79 Å². The van der Waals surface area contributed by atoms with Gasteiger partial charge in [-0.2, -0.15) is 0 Å². The van der Waals surface area contributed by atoms with Gasteiger partial charge in [0.15, 0.2) is 5.82 Å². The van der Waals surface area contributed by atoms with Crippen LogP contribution in [0.1, 0.15) is 21.6 Å². The van der Waals surface area contributed by atoms with E-state index in [1.165, 1.54) is 0 Å². The number of nitrogens with zero attached hydrogens (tertiary/aromatic N) is 2. The van der Waals surface area contributed by atoms with Crippen LogP contribution in [0.4, 0.5) is 5.69 Å². The molecule has 26 heavy (non-hydrogen) atoms. The van der Waals surface area contributed by atoms with Crippen LogP contribution in [-0.2, 0) is 0 Å². The van der Waals surface area contributed by atoms with Gasteiger partial charge in [-0.1, -0.05) is 36.4 Å². The molecule has 0 bridgehead atoms. The highest BCUT2D eigenvalue weighted by molar-refractivity contribution is 6.04. The summed E-state index contributed by atoms with van der Waals surface area (Å²) < 4.78 is 0. The number of H-pyrrole nitrogens is 1. The number of anilines is 1. The van der Waals surface area contributed by atoms with Crippen LogP contribution in [0.2, 0.25) is 0 Å². The van der Waals surface area contributed by atoms with E-state index >= 15 is 0 Å². The summed E-state index contributed by atoms with van der Waals surface area (Å²) in [6.45, 7) is 3.95. The lowest BCUT2D eigenvalue weighted by molar-refractivity contribution is 0.102. The fourth-order valence-electron chi connectivity index (χ4n) is 2.96. The molecule has 2 aromatic heterocycles. The Kier molecular flexibility index (Phi) is 3.97. The zero-order valence-electron chi connectivity index (χ0n) is 14.6. The van der Waals surface area contributed by atoms with Crippen molar-refractivity contribution in [3.05, 3.63) is 77.5 Å². The fourth-order valence-corrected chi connectivity index (χ4v) is 2.96. The second kappa shape index (κ2) is 6.44. The average molecular weight is 342 g/mol. The van der Waals surface area contributed by atoms with Crippen LogP contribution in [-0.4, -0.2) is 20.9 Å². The number of fused-ring (bicyclic) bond motifs is 1. The minimum absolute atomic E-state index is 0.236. The number of rotatable bonds is 3. The molecule has 0 unspecified atom stereocenters. The molecule has 0 radical (unpaired) electrons. The lowest BCUT2D eigenvalue weighted by Gasteiger charge is -2.11. The molecule has 4 aromatic rings. The van der Waals surface area contributed by atoms with E-state index in [4.69, 9.17) is 0 Å². The van der Waals surface area contributed by atoms with Crippen molar-refractivity contribution in [1.29, 1.82) is 0 Å². The number of para-hydroxylation sites is 3. The van der Waals surface area contributed by atoms with Crippen LogP contribution in [0.3, 0.4) is 0 Å². The van der Waals surface area contributed by atoms with Gasteiger partial charge in [0.25, 0.3) is 5.91 Å². The first-order valence-corrected chi connectivity index (χ1v) is 8.41. The standard InChI is InChI=1S/C21H18N4O/c1-13-7-5-8-14(2)19(13)25-21(26)18-12-6-11-17(22-18)20-23-15-9-3-4-10-16(15)24-20/h3-12H,1-2H3,(H,23,24)(H,25,26). The molecule has 5 heteroatoms.